The van der Waals surface area contributed by atoms with Crippen LogP contribution < -0.4 is 0 Å². The van der Waals surface area contributed by atoms with Crippen LogP contribution in [0.5, 0.6) is 0 Å². The average molecular weight is 389 g/mol. The van der Waals surface area contributed by atoms with Crippen LogP contribution in [-0.4, -0.2) is 66.9 Å². The third-order valence-corrected chi connectivity index (χ3v) is 5.65. The van der Waals surface area contributed by atoms with Gasteiger partial charge >= 0.3 is 0 Å². The summed E-state index contributed by atoms with van der Waals surface area (Å²) < 4.78 is 5.19. The molecule has 0 aromatic heterocycles. The van der Waals surface area contributed by atoms with E-state index in [1.165, 1.54) is 5.56 Å². The molecule has 0 saturated carbocycles. The van der Waals surface area contributed by atoms with Crippen LogP contribution >= 0.6 is 0 Å². The van der Waals surface area contributed by atoms with Crippen molar-refractivity contribution in [3.63, 3.8) is 0 Å². The van der Waals surface area contributed by atoms with Gasteiger partial charge in [0, 0.05) is 57.2 Å². The molecule has 1 aliphatic heterocycles. The minimum absolute atomic E-state index is 0.0358. The van der Waals surface area contributed by atoms with Crippen molar-refractivity contribution in [2.24, 2.45) is 0 Å². The van der Waals surface area contributed by atoms with E-state index in [4.69, 9.17) is 4.74 Å². The van der Waals surface area contributed by atoms with Gasteiger partial charge < -0.3 is 9.64 Å². The van der Waals surface area contributed by atoms with Gasteiger partial charge in [0.25, 0.3) is 0 Å². The summed E-state index contributed by atoms with van der Waals surface area (Å²) >= 11 is 0. The first-order valence-electron chi connectivity index (χ1n) is 10.3. The Morgan fingerprint density at radius 1 is 1.04 bits per heavy atom. The Morgan fingerprint density at radius 3 is 2.11 bits per heavy atom. The van der Waals surface area contributed by atoms with Crippen molar-refractivity contribution in [3.05, 3.63) is 35.4 Å². The highest BCUT2D eigenvalue weighted by Gasteiger charge is 2.31. The van der Waals surface area contributed by atoms with Crippen molar-refractivity contribution in [3.8, 4) is 0 Å². The summed E-state index contributed by atoms with van der Waals surface area (Å²) in [6, 6.07) is 8.38. The van der Waals surface area contributed by atoms with Gasteiger partial charge in [-0.05, 0) is 24.8 Å². The maximum atomic E-state index is 12.7. The van der Waals surface area contributed by atoms with E-state index in [9.17, 15) is 9.59 Å². The van der Waals surface area contributed by atoms with E-state index in [0.29, 0.717) is 37.3 Å². The summed E-state index contributed by atoms with van der Waals surface area (Å²) in [5.41, 5.74) is 1.96. The Bertz CT molecular complexity index is 651. The predicted molar refractivity (Wildman–Crippen MR) is 113 cm³/mol. The molecule has 1 saturated heterocycles. The van der Waals surface area contributed by atoms with Gasteiger partial charge in [-0.1, -0.05) is 45.0 Å². The van der Waals surface area contributed by atoms with E-state index in [2.05, 4.69) is 39.5 Å². The number of amides is 1. The molecule has 0 aliphatic carbocycles. The molecule has 0 N–H and O–H groups in total. The summed E-state index contributed by atoms with van der Waals surface area (Å²) in [6.45, 7) is 13.7. The zero-order valence-corrected chi connectivity index (χ0v) is 18.3. The first-order valence-corrected chi connectivity index (χ1v) is 10.3. The predicted octanol–water partition coefficient (Wildman–Crippen LogP) is 3.51. The van der Waals surface area contributed by atoms with Gasteiger partial charge in [-0.3, -0.25) is 14.5 Å². The summed E-state index contributed by atoms with van der Waals surface area (Å²) in [7, 11) is 1.71. The van der Waals surface area contributed by atoms with E-state index in [0.717, 1.165) is 6.54 Å². The van der Waals surface area contributed by atoms with Gasteiger partial charge in [0.05, 0.1) is 6.61 Å². The highest BCUT2D eigenvalue weighted by Crippen LogP contribution is 2.23. The van der Waals surface area contributed by atoms with Gasteiger partial charge in [-0.2, -0.15) is 0 Å². The smallest absolute Gasteiger partial charge is 0.223 e. The van der Waals surface area contributed by atoms with Crippen LogP contribution in [0.3, 0.4) is 0 Å². The van der Waals surface area contributed by atoms with Crippen LogP contribution in [0, 0.1) is 0 Å². The number of ketones is 1. The third-order valence-electron chi connectivity index (χ3n) is 5.65. The van der Waals surface area contributed by atoms with Crippen LogP contribution in [0.1, 0.15) is 63.4 Å². The van der Waals surface area contributed by atoms with E-state index >= 15 is 0 Å². The number of hydrogen-bond acceptors (Lipinski definition) is 4. The van der Waals surface area contributed by atoms with Crippen LogP contribution in [0.25, 0.3) is 0 Å². The fraction of sp³-hybridized carbons (Fsp3) is 0.652. The fourth-order valence-electron chi connectivity index (χ4n) is 3.88. The molecule has 1 aromatic rings. The summed E-state index contributed by atoms with van der Waals surface area (Å²) in [5.74, 6) is 0.110. The van der Waals surface area contributed by atoms with Gasteiger partial charge in [0.1, 0.15) is 0 Å². The second kappa shape index (κ2) is 9.66. The number of nitrogens with zero attached hydrogens (tertiary/aromatic N) is 2. The molecule has 1 heterocycles. The normalized spacial score (nSPS) is 21.0. The van der Waals surface area contributed by atoms with Crippen molar-refractivity contribution < 1.29 is 14.3 Å². The SMILES string of the molecule is COCCN1C(C)CN(C(=O)CCC(=O)c2ccc(C(C)(C)C)cc2)CC1C. The number of carbonyl (C=O) groups excluding carboxylic acids is 2. The van der Waals surface area contributed by atoms with Gasteiger partial charge in [-0.25, -0.2) is 0 Å². The molecule has 1 aliphatic rings. The summed E-state index contributed by atoms with van der Waals surface area (Å²) in [4.78, 5) is 29.5. The Balaban J connectivity index is 1.87. The molecular formula is C23H36N2O3. The molecule has 1 fully saturated rings. The molecule has 0 radical (unpaired) electrons. The van der Waals surface area contributed by atoms with Gasteiger partial charge in [0.2, 0.25) is 5.91 Å². The molecule has 0 bridgehead atoms. The molecule has 2 unspecified atom stereocenters. The number of benzene rings is 1. The molecule has 28 heavy (non-hydrogen) atoms. The topological polar surface area (TPSA) is 49.9 Å². The lowest BCUT2D eigenvalue weighted by atomic mass is 9.86. The molecule has 1 aromatic carbocycles. The summed E-state index contributed by atoms with van der Waals surface area (Å²) in [5, 5.41) is 0. The number of hydrogen-bond donors (Lipinski definition) is 0. The second-order valence-corrected chi connectivity index (χ2v) is 8.98. The fourth-order valence-corrected chi connectivity index (χ4v) is 3.88. The molecule has 5 nitrogen and oxygen atoms in total. The molecule has 2 rings (SSSR count). The number of rotatable bonds is 7. The molecule has 5 heteroatoms. The molecule has 2 atom stereocenters. The first-order chi connectivity index (χ1) is 13.1. The first kappa shape index (κ1) is 22.6. The highest BCUT2D eigenvalue weighted by molar-refractivity contribution is 5.98. The number of ether oxygens (including phenoxy) is 1. The number of piperazine rings is 1. The van der Waals surface area contributed by atoms with E-state index in [1.54, 1.807) is 7.11 Å². The minimum atomic E-state index is 0.0358. The van der Waals surface area contributed by atoms with Crippen LogP contribution in [0.4, 0.5) is 0 Å². The van der Waals surface area contributed by atoms with Crippen LogP contribution in [-0.2, 0) is 14.9 Å². The van der Waals surface area contributed by atoms with Gasteiger partial charge in [-0.15, -0.1) is 0 Å². The van der Waals surface area contributed by atoms with Crippen molar-refractivity contribution in [2.75, 3.05) is 33.4 Å². The Hall–Kier alpha value is -1.72. The quantitative estimate of drug-likeness (QED) is 0.671. The lowest BCUT2D eigenvalue weighted by Gasteiger charge is -2.44. The van der Waals surface area contributed by atoms with E-state index < -0.39 is 0 Å². The van der Waals surface area contributed by atoms with Gasteiger partial charge in [0.15, 0.2) is 5.78 Å². The van der Waals surface area contributed by atoms with E-state index in [-0.39, 0.29) is 29.9 Å². The molecule has 0 spiro atoms. The summed E-state index contributed by atoms with van der Waals surface area (Å²) in [6.07, 6.45) is 0.539. The maximum Gasteiger partial charge on any atom is 0.223 e. The largest absolute Gasteiger partial charge is 0.383 e. The Labute approximate surface area is 170 Å². The zero-order valence-electron chi connectivity index (χ0n) is 18.3. The Kier molecular flexibility index (Phi) is 7.79. The van der Waals surface area contributed by atoms with Crippen LogP contribution in [0.2, 0.25) is 0 Å². The lowest BCUT2D eigenvalue weighted by molar-refractivity contribution is -0.135. The molecule has 156 valence electrons. The van der Waals surface area contributed by atoms with Crippen molar-refractivity contribution in [1.82, 2.24) is 9.80 Å². The number of Topliss-reactive ketones (excluding diaryl/α,β-unsaturated/α-hetero) is 1. The third kappa shape index (κ3) is 5.89. The monoisotopic (exact) mass is 388 g/mol. The second-order valence-electron chi connectivity index (χ2n) is 8.98. The minimum Gasteiger partial charge on any atom is -0.383 e. The number of methoxy groups -OCH3 is 1. The average Bonchev–Trinajstić information content (AvgIpc) is 2.64. The lowest BCUT2D eigenvalue weighted by Crippen LogP contribution is -2.58. The standard InChI is InChI=1S/C23H36N2O3/c1-17-15-24(16-18(2)25(17)13-14-28-6)22(27)12-11-21(26)19-7-9-20(10-8-19)23(3,4)5/h7-10,17-18H,11-16H2,1-6H3. The molecule has 1 amide bonds. The molecular weight excluding hydrogens is 352 g/mol. The van der Waals surface area contributed by atoms with Crippen molar-refractivity contribution in [2.45, 2.75) is 65.0 Å². The maximum absolute atomic E-state index is 12.7. The van der Waals surface area contributed by atoms with Crippen LogP contribution in [0.15, 0.2) is 24.3 Å². The van der Waals surface area contributed by atoms with E-state index in [1.807, 2.05) is 29.2 Å². The van der Waals surface area contributed by atoms with Crippen molar-refractivity contribution >= 4 is 11.7 Å². The Morgan fingerprint density at radius 2 is 1.61 bits per heavy atom. The van der Waals surface area contributed by atoms with Crippen molar-refractivity contribution in [1.29, 1.82) is 0 Å². The number of carbonyl (C=O) groups is 2. The zero-order chi connectivity index (χ0) is 20.9. The highest BCUT2D eigenvalue weighted by atomic mass is 16.5.